The largest absolute Gasteiger partial charge is 0.465 e. The molecule has 0 aliphatic carbocycles. The minimum absolute atomic E-state index is 0.00300. The summed E-state index contributed by atoms with van der Waals surface area (Å²) in [4.78, 5) is 0. The average Bonchev–Trinajstić information content (AvgIpc) is 3.05. The van der Waals surface area contributed by atoms with Gasteiger partial charge in [-0.15, -0.1) is 6.58 Å². The summed E-state index contributed by atoms with van der Waals surface area (Å²) in [5, 5.41) is 29.2. The molecule has 26 heteroatoms. The fourth-order valence-corrected chi connectivity index (χ4v) is 4.96. The van der Waals surface area contributed by atoms with Crippen molar-refractivity contribution in [3.05, 3.63) is 71.3 Å². The molecule has 3 N–H and O–H groups in total. The molecule has 352 valence electrons. The predicted octanol–water partition coefficient (Wildman–Crippen LogP) is 10.3. The van der Waals surface area contributed by atoms with Gasteiger partial charge in [0.05, 0.1) is 6.61 Å². The van der Waals surface area contributed by atoms with Gasteiger partial charge < -0.3 is 39.0 Å². The molecule has 0 radical (unpaired) electrons. The van der Waals surface area contributed by atoms with Gasteiger partial charge in [0.25, 0.3) is 11.2 Å². The SMILES string of the molecule is C=CCOC(c1cc(OC(C)OCC)cc(C(C)(O)C(F)(F)F)c1)(C(F)(F)F)C(F)(F)F.CCOC(C)Oc1cc(C(C)(O)C(F)(F)F)cc(C(O)(C(F)(F)F)C(F)(F)F)c1. The van der Waals surface area contributed by atoms with Crippen LogP contribution in [0.15, 0.2) is 49.1 Å². The summed E-state index contributed by atoms with van der Waals surface area (Å²) in [6, 6.07) is 0.877. The Morgan fingerprint density at radius 1 is 0.508 bits per heavy atom. The van der Waals surface area contributed by atoms with Crippen LogP contribution in [0.25, 0.3) is 0 Å². The van der Waals surface area contributed by atoms with Crippen molar-refractivity contribution in [2.24, 2.45) is 0 Å². The second kappa shape index (κ2) is 18.9. The van der Waals surface area contributed by atoms with Gasteiger partial charge in [-0.1, -0.05) is 6.08 Å². The first kappa shape index (κ1) is 55.3. The average molecular weight is 929 g/mol. The molecule has 0 saturated heterocycles. The molecule has 0 saturated carbocycles. The molecular formula is C35H38F18O8. The molecule has 2 aromatic rings. The van der Waals surface area contributed by atoms with E-state index in [1.165, 1.54) is 27.7 Å². The second-order valence-electron chi connectivity index (χ2n) is 12.9. The summed E-state index contributed by atoms with van der Waals surface area (Å²) in [6.45, 7) is 7.44. The molecule has 4 unspecified atom stereocenters. The molecule has 0 heterocycles. The number of alkyl halides is 18. The van der Waals surface area contributed by atoms with E-state index in [4.69, 9.17) is 18.9 Å². The number of ether oxygens (including phenoxy) is 5. The Balaban J connectivity index is 0.000000613. The van der Waals surface area contributed by atoms with Gasteiger partial charge in [-0.2, -0.15) is 79.0 Å². The lowest BCUT2D eigenvalue weighted by Crippen LogP contribution is -2.56. The third-order valence-electron chi connectivity index (χ3n) is 8.31. The molecule has 0 amide bonds. The maximum Gasteiger partial charge on any atom is 0.430 e. The third kappa shape index (κ3) is 12.1. The number of halogens is 18. The van der Waals surface area contributed by atoms with Gasteiger partial charge in [0.1, 0.15) is 11.5 Å². The van der Waals surface area contributed by atoms with Crippen LogP contribution in [-0.2, 0) is 36.6 Å². The number of rotatable bonds is 15. The van der Waals surface area contributed by atoms with Gasteiger partial charge in [0.15, 0.2) is 23.8 Å². The molecular weight excluding hydrogens is 890 g/mol. The number of benzene rings is 2. The van der Waals surface area contributed by atoms with Crippen molar-refractivity contribution in [3.63, 3.8) is 0 Å². The van der Waals surface area contributed by atoms with Gasteiger partial charge in [0.2, 0.25) is 0 Å². The summed E-state index contributed by atoms with van der Waals surface area (Å²) < 4.78 is 265. The van der Waals surface area contributed by atoms with Gasteiger partial charge in [0, 0.05) is 24.3 Å². The molecule has 0 bridgehead atoms. The zero-order valence-corrected chi connectivity index (χ0v) is 32.2. The highest BCUT2D eigenvalue weighted by Crippen LogP contribution is 2.55. The first-order chi connectivity index (χ1) is 27.1. The Labute approximate surface area is 334 Å². The molecule has 0 fully saturated rings. The number of hydrogen-bond donors (Lipinski definition) is 3. The van der Waals surface area contributed by atoms with Gasteiger partial charge >= 0.3 is 37.1 Å². The summed E-state index contributed by atoms with van der Waals surface area (Å²) in [7, 11) is 0. The summed E-state index contributed by atoms with van der Waals surface area (Å²) in [5.74, 6) is -1.77. The highest BCUT2D eigenvalue weighted by Gasteiger charge is 2.74. The van der Waals surface area contributed by atoms with Gasteiger partial charge in [-0.3, -0.25) is 0 Å². The van der Waals surface area contributed by atoms with E-state index in [1.54, 1.807) is 0 Å². The lowest BCUT2D eigenvalue weighted by Gasteiger charge is -2.38. The predicted molar refractivity (Wildman–Crippen MR) is 174 cm³/mol. The summed E-state index contributed by atoms with van der Waals surface area (Å²) in [6.07, 6.45) is -37.9. The normalized spacial score (nSPS) is 16.7. The van der Waals surface area contributed by atoms with Crippen LogP contribution in [0.3, 0.4) is 0 Å². The Morgan fingerprint density at radius 2 is 0.820 bits per heavy atom. The van der Waals surface area contributed by atoms with E-state index < -0.39 is 112 Å². The van der Waals surface area contributed by atoms with Gasteiger partial charge in [-0.25, -0.2) is 0 Å². The summed E-state index contributed by atoms with van der Waals surface area (Å²) in [5.41, 5.74) is -24.8. The smallest absolute Gasteiger partial charge is 0.430 e. The molecule has 61 heavy (non-hydrogen) atoms. The standard InChI is InChI=1S/C19H21F9O4.C16H17F9O4/c1-5-7-31-16(18(23,24)25,19(26,27)28)13-8-12(15(4,29)17(20,21)22)9-14(10-13)32-11(3)30-6-2;1-4-28-8(2)29-11-6-9(12(3,26)14(17,18)19)5-10(7-11)13(27,15(20,21)22)16(23,24)25/h5,8-11,29H,1,6-7H2,2-4H3;5-8,26-27H,4H2,1-3H3. The van der Waals surface area contributed by atoms with Crippen LogP contribution in [0.2, 0.25) is 0 Å². The Hall–Kier alpha value is -3.72. The fourth-order valence-electron chi connectivity index (χ4n) is 4.96. The second-order valence-corrected chi connectivity index (χ2v) is 12.9. The van der Waals surface area contributed by atoms with E-state index in [1.807, 2.05) is 0 Å². The van der Waals surface area contributed by atoms with E-state index in [-0.39, 0.29) is 51.3 Å². The maximum absolute atomic E-state index is 13.8. The molecule has 2 aromatic carbocycles. The van der Waals surface area contributed by atoms with E-state index >= 15 is 0 Å². The van der Waals surface area contributed by atoms with Crippen molar-refractivity contribution in [1.82, 2.24) is 0 Å². The van der Waals surface area contributed by atoms with Crippen molar-refractivity contribution in [2.45, 2.75) is 114 Å². The fraction of sp³-hybridized carbons (Fsp3) is 0.600. The number of aliphatic hydroxyl groups is 3. The monoisotopic (exact) mass is 928 g/mol. The zero-order chi connectivity index (χ0) is 48.2. The highest BCUT2D eigenvalue weighted by molar-refractivity contribution is 5.43. The van der Waals surface area contributed by atoms with Crippen LogP contribution in [0.4, 0.5) is 79.0 Å². The third-order valence-corrected chi connectivity index (χ3v) is 8.31. The van der Waals surface area contributed by atoms with Crippen LogP contribution in [0.5, 0.6) is 11.5 Å². The maximum atomic E-state index is 13.8. The minimum Gasteiger partial charge on any atom is -0.465 e. The lowest BCUT2D eigenvalue weighted by molar-refractivity contribution is -0.387. The first-order valence-corrected chi connectivity index (χ1v) is 16.8. The Bertz CT molecular complexity index is 1720. The van der Waals surface area contributed by atoms with Crippen LogP contribution >= 0.6 is 0 Å². The first-order valence-electron chi connectivity index (χ1n) is 16.8. The van der Waals surface area contributed by atoms with Crippen LogP contribution in [0, 0.1) is 0 Å². The molecule has 2 rings (SSSR count). The van der Waals surface area contributed by atoms with Crippen LogP contribution in [-0.4, -0.2) is 84.8 Å². The van der Waals surface area contributed by atoms with Crippen molar-refractivity contribution in [1.29, 1.82) is 0 Å². The van der Waals surface area contributed by atoms with Crippen molar-refractivity contribution < 1.29 is 118 Å². The topological polar surface area (TPSA) is 107 Å². The van der Waals surface area contributed by atoms with Crippen molar-refractivity contribution >= 4 is 0 Å². The molecule has 0 aliphatic heterocycles. The van der Waals surface area contributed by atoms with Crippen molar-refractivity contribution in [2.75, 3.05) is 19.8 Å². The highest BCUT2D eigenvalue weighted by atomic mass is 19.4. The van der Waals surface area contributed by atoms with E-state index in [0.29, 0.717) is 18.2 Å². The van der Waals surface area contributed by atoms with Crippen molar-refractivity contribution in [3.8, 4) is 11.5 Å². The molecule has 4 atom stereocenters. The van der Waals surface area contributed by atoms with E-state index in [9.17, 15) is 94.3 Å². The minimum atomic E-state index is -6.35. The van der Waals surface area contributed by atoms with Crippen LogP contribution in [0.1, 0.15) is 63.8 Å². The Morgan fingerprint density at radius 3 is 1.10 bits per heavy atom. The lowest BCUT2D eigenvalue weighted by atomic mass is 9.86. The number of hydrogen-bond acceptors (Lipinski definition) is 8. The van der Waals surface area contributed by atoms with E-state index in [2.05, 4.69) is 11.3 Å². The molecule has 8 nitrogen and oxygen atoms in total. The van der Waals surface area contributed by atoms with Crippen LogP contribution < -0.4 is 9.47 Å². The van der Waals surface area contributed by atoms with Gasteiger partial charge in [-0.05, 0) is 89.1 Å². The molecule has 0 aromatic heterocycles. The quantitative estimate of drug-likeness (QED) is 0.0922. The molecule has 0 spiro atoms. The molecule has 0 aliphatic rings. The zero-order valence-electron chi connectivity index (χ0n) is 32.2. The van der Waals surface area contributed by atoms with E-state index in [0.717, 1.165) is 0 Å². The summed E-state index contributed by atoms with van der Waals surface area (Å²) >= 11 is 0. The Kier molecular flexibility index (Phi) is 17.2.